The lowest BCUT2D eigenvalue weighted by molar-refractivity contribution is -0.132. The van der Waals surface area contributed by atoms with Crippen molar-refractivity contribution >= 4 is 11.6 Å². The minimum absolute atomic E-state index is 0.102. The summed E-state index contributed by atoms with van der Waals surface area (Å²) in [7, 11) is 3.76. The van der Waals surface area contributed by atoms with E-state index in [1.54, 1.807) is 0 Å². The molecule has 4 heteroatoms. The molecule has 2 rings (SSSR count). The highest BCUT2D eigenvalue weighted by Crippen LogP contribution is 2.24. The topological polar surface area (TPSA) is 35.6 Å². The van der Waals surface area contributed by atoms with Crippen LogP contribution in [-0.4, -0.2) is 50.6 Å². The van der Waals surface area contributed by atoms with Crippen molar-refractivity contribution in [3.8, 4) is 0 Å². The quantitative estimate of drug-likeness (QED) is 0.860. The van der Waals surface area contributed by atoms with Gasteiger partial charge < -0.3 is 15.1 Å². The number of anilines is 1. The number of amides is 1. The second-order valence-corrected chi connectivity index (χ2v) is 4.81. The Morgan fingerprint density at radius 1 is 1.33 bits per heavy atom. The van der Waals surface area contributed by atoms with Crippen LogP contribution in [0, 0.1) is 6.92 Å². The third kappa shape index (κ3) is 2.34. The van der Waals surface area contributed by atoms with E-state index >= 15 is 0 Å². The zero-order valence-electron chi connectivity index (χ0n) is 11.3. The number of hydrogen-bond acceptors (Lipinski definition) is 3. The molecule has 1 aliphatic rings. The number of nitrogens with zero attached hydrogens (tertiary/aromatic N) is 2. The third-order valence-corrected chi connectivity index (χ3v) is 3.54. The van der Waals surface area contributed by atoms with Gasteiger partial charge in [-0.2, -0.15) is 0 Å². The molecule has 1 saturated heterocycles. The van der Waals surface area contributed by atoms with Gasteiger partial charge in [-0.3, -0.25) is 4.79 Å². The second-order valence-electron chi connectivity index (χ2n) is 4.81. The Kier molecular flexibility index (Phi) is 3.87. The number of rotatable bonds is 3. The van der Waals surface area contributed by atoms with Crippen LogP contribution < -0.4 is 10.2 Å². The monoisotopic (exact) mass is 247 g/mol. The SMILES string of the molecule is CNCC1C(=O)N(C)CCN1c1ccccc1C. The first kappa shape index (κ1) is 12.9. The molecule has 0 aliphatic carbocycles. The summed E-state index contributed by atoms with van der Waals surface area (Å²) in [4.78, 5) is 16.3. The first-order chi connectivity index (χ1) is 8.65. The van der Waals surface area contributed by atoms with Crippen molar-refractivity contribution in [1.82, 2.24) is 10.2 Å². The summed E-state index contributed by atoms with van der Waals surface area (Å²) in [6.07, 6.45) is 0. The van der Waals surface area contributed by atoms with Gasteiger partial charge in [0, 0.05) is 32.4 Å². The highest BCUT2D eigenvalue weighted by atomic mass is 16.2. The molecule has 1 heterocycles. The van der Waals surface area contributed by atoms with Gasteiger partial charge in [-0.1, -0.05) is 18.2 Å². The molecule has 1 N–H and O–H groups in total. The van der Waals surface area contributed by atoms with Crippen LogP contribution in [0.5, 0.6) is 0 Å². The Balaban J connectivity index is 2.30. The van der Waals surface area contributed by atoms with Crippen LogP contribution in [0.2, 0.25) is 0 Å². The van der Waals surface area contributed by atoms with E-state index < -0.39 is 0 Å². The molecular weight excluding hydrogens is 226 g/mol. The van der Waals surface area contributed by atoms with Crippen molar-refractivity contribution in [2.45, 2.75) is 13.0 Å². The van der Waals surface area contributed by atoms with E-state index in [0.29, 0.717) is 6.54 Å². The lowest BCUT2D eigenvalue weighted by Gasteiger charge is -2.41. The molecule has 1 atom stereocenters. The highest BCUT2D eigenvalue weighted by Gasteiger charge is 2.32. The molecule has 1 unspecified atom stereocenters. The van der Waals surface area contributed by atoms with Crippen molar-refractivity contribution in [2.75, 3.05) is 38.6 Å². The minimum Gasteiger partial charge on any atom is -0.356 e. The van der Waals surface area contributed by atoms with Crippen LogP contribution in [0.25, 0.3) is 0 Å². The number of nitrogens with one attached hydrogen (secondary N) is 1. The fourth-order valence-electron chi connectivity index (χ4n) is 2.48. The molecule has 0 radical (unpaired) electrons. The van der Waals surface area contributed by atoms with E-state index in [1.165, 1.54) is 11.3 Å². The minimum atomic E-state index is -0.102. The molecule has 18 heavy (non-hydrogen) atoms. The Morgan fingerprint density at radius 3 is 2.72 bits per heavy atom. The van der Waals surface area contributed by atoms with Gasteiger partial charge in [0.05, 0.1) is 0 Å². The summed E-state index contributed by atoms with van der Waals surface area (Å²) in [5.41, 5.74) is 2.38. The van der Waals surface area contributed by atoms with Crippen LogP contribution in [-0.2, 0) is 4.79 Å². The van der Waals surface area contributed by atoms with E-state index in [0.717, 1.165) is 13.1 Å². The summed E-state index contributed by atoms with van der Waals surface area (Å²) in [6.45, 7) is 4.44. The molecule has 0 spiro atoms. The Morgan fingerprint density at radius 2 is 2.06 bits per heavy atom. The molecule has 0 bridgehead atoms. The van der Waals surface area contributed by atoms with Crippen molar-refractivity contribution < 1.29 is 4.79 Å². The molecule has 1 aromatic rings. The smallest absolute Gasteiger partial charge is 0.246 e. The van der Waals surface area contributed by atoms with Gasteiger partial charge >= 0.3 is 0 Å². The van der Waals surface area contributed by atoms with Crippen LogP contribution in [0.3, 0.4) is 0 Å². The molecule has 0 saturated carbocycles. The van der Waals surface area contributed by atoms with Crippen molar-refractivity contribution in [3.63, 3.8) is 0 Å². The van der Waals surface area contributed by atoms with Gasteiger partial charge in [-0.05, 0) is 25.6 Å². The zero-order chi connectivity index (χ0) is 13.1. The van der Waals surface area contributed by atoms with Crippen molar-refractivity contribution in [3.05, 3.63) is 29.8 Å². The number of para-hydroxylation sites is 1. The maximum absolute atomic E-state index is 12.3. The number of hydrogen-bond donors (Lipinski definition) is 1. The summed E-state index contributed by atoms with van der Waals surface area (Å²) in [5, 5.41) is 3.12. The fraction of sp³-hybridized carbons (Fsp3) is 0.500. The fourth-order valence-corrected chi connectivity index (χ4v) is 2.48. The summed E-state index contributed by atoms with van der Waals surface area (Å²) in [6, 6.07) is 8.14. The molecule has 1 aliphatic heterocycles. The predicted octanol–water partition coefficient (Wildman–Crippen LogP) is 0.861. The predicted molar refractivity (Wildman–Crippen MR) is 73.9 cm³/mol. The first-order valence-corrected chi connectivity index (χ1v) is 6.37. The Labute approximate surface area is 109 Å². The van der Waals surface area contributed by atoms with Gasteiger partial charge in [0.2, 0.25) is 5.91 Å². The Hall–Kier alpha value is -1.55. The third-order valence-electron chi connectivity index (χ3n) is 3.54. The van der Waals surface area contributed by atoms with E-state index in [2.05, 4.69) is 29.3 Å². The van der Waals surface area contributed by atoms with E-state index in [9.17, 15) is 4.79 Å². The number of carbonyl (C=O) groups is 1. The summed E-state index contributed by atoms with van der Waals surface area (Å²) >= 11 is 0. The zero-order valence-corrected chi connectivity index (χ0v) is 11.3. The van der Waals surface area contributed by atoms with Gasteiger partial charge in [-0.25, -0.2) is 0 Å². The standard InChI is InChI=1S/C14H21N3O/c1-11-6-4-5-7-12(11)17-9-8-16(3)14(18)13(17)10-15-2/h4-7,13,15H,8-10H2,1-3H3. The van der Waals surface area contributed by atoms with Gasteiger partial charge in [0.1, 0.15) is 6.04 Å². The largest absolute Gasteiger partial charge is 0.356 e. The Bertz CT molecular complexity index is 433. The van der Waals surface area contributed by atoms with Crippen LogP contribution in [0.4, 0.5) is 5.69 Å². The molecule has 1 amide bonds. The lowest BCUT2D eigenvalue weighted by Crippen LogP contribution is -2.59. The molecule has 1 aromatic carbocycles. The number of carbonyl (C=O) groups excluding carboxylic acids is 1. The average molecular weight is 247 g/mol. The van der Waals surface area contributed by atoms with E-state index in [1.807, 2.05) is 31.1 Å². The highest BCUT2D eigenvalue weighted by molar-refractivity contribution is 5.87. The number of benzene rings is 1. The van der Waals surface area contributed by atoms with Crippen LogP contribution in [0.15, 0.2) is 24.3 Å². The molecular formula is C14H21N3O. The normalized spacial score (nSPS) is 20.4. The molecule has 4 nitrogen and oxygen atoms in total. The molecule has 1 fully saturated rings. The molecule has 98 valence electrons. The maximum Gasteiger partial charge on any atom is 0.246 e. The summed E-state index contributed by atoms with van der Waals surface area (Å²) < 4.78 is 0. The number of piperazine rings is 1. The van der Waals surface area contributed by atoms with Crippen LogP contribution in [0.1, 0.15) is 5.56 Å². The van der Waals surface area contributed by atoms with Crippen LogP contribution >= 0.6 is 0 Å². The maximum atomic E-state index is 12.3. The average Bonchev–Trinajstić information content (AvgIpc) is 2.37. The molecule has 0 aromatic heterocycles. The first-order valence-electron chi connectivity index (χ1n) is 6.37. The van der Waals surface area contributed by atoms with Gasteiger partial charge in [0.15, 0.2) is 0 Å². The summed E-state index contributed by atoms with van der Waals surface area (Å²) in [5.74, 6) is 0.193. The second kappa shape index (κ2) is 5.40. The van der Waals surface area contributed by atoms with E-state index in [-0.39, 0.29) is 11.9 Å². The van der Waals surface area contributed by atoms with E-state index in [4.69, 9.17) is 0 Å². The van der Waals surface area contributed by atoms with Crippen molar-refractivity contribution in [2.24, 2.45) is 0 Å². The lowest BCUT2D eigenvalue weighted by atomic mass is 10.1. The number of aryl methyl sites for hydroxylation is 1. The number of likely N-dealkylation sites (N-methyl/N-ethyl adjacent to an activating group) is 2. The van der Waals surface area contributed by atoms with Gasteiger partial charge in [0.25, 0.3) is 0 Å². The van der Waals surface area contributed by atoms with Gasteiger partial charge in [-0.15, -0.1) is 0 Å². The van der Waals surface area contributed by atoms with Crippen molar-refractivity contribution in [1.29, 1.82) is 0 Å².